The summed E-state index contributed by atoms with van der Waals surface area (Å²) in [6.07, 6.45) is 3.61. The Morgan fingerprint density at radius 1 is 1.35 bits per heavy atom. The van der Waals surface area contributed by atoms with E-state index in [-0.39, 0.29) is 0 Å². The van der Waals surface area contributed by atoms with Gasteiger partial charge in [0.05, 0.1) is 3.79 Å². The number of halogens is 1. The Balaban J connectivity index is 2.15. The van der Waals surface area contributed by atoms with Crippen LogP contribution in [0.1, 0.15) is 36.6 Å². The van der Waals surface area contributed by atoms with Gasteiger partial charge in [-0.1, -0.05) is 0 Å². The Labute approximate surface area is 115 Å². The summed E-state index contributed by atoms with van der Waals surface area (Å²) in [5.74, 6) is 1.05. The third-order valence-electron chi connectivity index (χ3n) is 3.48. The molecule has 2 nitrogen and oxygen atoms in total. The topological polar surface area (TPSA) is 20.3 Å². The molecule has 0 radical (unpaired) electrons. The average molecular weight is 316 g/mol. The minimum atomic E-state index is 0.436. The molecule has 94 valence electrons. The monoisotopic (exact) mass is 315 g/mol. The molecule has 0 amide bonds. The van der Waals surface area contributed by atoms with Gasteiger partial charge in [-0.25, -0.2) is 0 Å². The third-order valence-corrected chi connectivity index (χ3v) is 5.17. The van der Waals surface area contributed by atoms with Crippen LogP contribution in [0.5, 0.6) is 0 Å². The van der Waals surface area contributed by atoms with Gasteiger partial charge >= 0.3 is 0 Å². The minimum Gasteiger partial charge on any atom is -0.301 e. The summed E-state index contributed by atoms with van der Waals surface area (Å²) in [5.41, 5.74) is 0. The lowest BCUT2D eigenvalue weighted by Gasteiger charge is -2.33. The summed E-state index contributed by atoms with van der Waals surface area (Å²) in [4.78, 5) is 15.0. The molecular weight excluding hydrogens is 298 g/mol. The molecule has 1 aliphatic carbocycles. The third kappa shape index (κ3) is 3.18. The van der Waals surface area contributed by atoms with Crippen molar-refractivity contribution in [2.45, 2.75) is 31.7 Å². The summed E-state index contributed by atoms with van der Waals surface area (Å²) in [6.45, 7) is 0. The van der Waals surface area contributed by atoms with Crippen LogP contribution in [-0.2, 0) is 4.79 Å². The molecule has 1 aromatic rings. The van der Waals surface area contributed by atoms with E-state index in [1.807, 2.05) is 11.3 Å². The highest BCUT2D eigenvalue weighted by Crippen LogP contribution is 2.39. The van der Waals surface area contributed by atoms with Crippen molar-refractivity contribution in [3.63, 3.8) is 0 Å². The largest absolute Gasteiger partial charge is 0.301 e. The maximum absolute atomic E-state index is 11.3. The summed E-state index contributed by atoms with van der Waals surface area (Å²) < 4.78 is 1.19. The van der Waals surface area contributed by atoms with Crippen molar-refractivity contribution in [3.05, 3.63) is 20.8 Å². The zero-order chi connectivity index (χ0) is 12.4. The van der Waals surface area contributed by atoms with Crippen molar-refractivity contribution in [3.8, 4) is 0 Å². The Hall–Kier alpha value is -0.190. The van der Waals surface area contributed by atoms with Crippen LogP contribution in [0.2, 0.25) is 0 Å². The van der Waals surface area contributed by atoms with Gasteiger partial charge in [-0.15, -0.1) is 11.3 Å². The van der Waals surface area contributed by atoms with E-state index in [2.05, 4.69) is 47.1 Å². The molecule has 1 fully saturated rings. The Morgan fingerprint density at radius 2 is 2.00 bits per heavy atom. The van der Waals surface area contributed by atoms with Crippen LogP contribution in [0.4, 0.5) is 0 Å². The van der Waals surface area contributed by atoms with Crippen LogP contribution in [-0.4, -0.2) is 24.8 Å². The van der Waals surface area contributed by atoms with Crippen molar-refractivity contribution in [2.24, 2.45) is 5.92 Å². The van der Waals surface area contributed by atoms with E-state index >= 15 is 0 Å². The molecule has 0 bridgehead atoms. The normalized spacial score (nSPS) is 19.9. The number of ketones is 1. The SMILES string of the molecule is CN(C)C(c1ccc(Br)s1)C1CCC(=O)CC1. The molecule has 0 saturated heterocycles. The van der Waals surface area contributed by atoms with Crippen LogP contribution < -0.4 is 0 Å². The predicted molar refractivity (Wildman–Crippen MR) is 75.4 cm³/mol. The number of hydrogen-bond donors (Lipinski definition) is 0. The van der Waals surface area contributed by atoms with Crippen LogP contribution in [0, 0.1) is 5.92 Å². The summed E-state index contributed by atoms with van der Waals surface area (Å²) in [7, 11) is 4.27. The van der Waals surface area contributed by atoms with E-state index in [9.17, 15) is 4.79 Å². The highest BCUT2D eigenvalue weighted by Gasteiger charge is 2.29. The lowest BCUT2D eigenvalue weighted by Crippen LogP contribution is -2.29. The first-order chi connectivity index (χ1) is 8.08. The fourth-order valence-corrected chi connectivity index (χ4v) is 4.39. The lowest BCUT2D eigenvalue weighted by atomic mass is 9.82. The fraction of sp³-hybridized carbons (Fsp3) is 0.615. The summed E-state index contributed by atoms with van der Waals surface area (Å²) >= 11 is 5.34. The van der Waals surface area contributed by atoms with Crippen LogP contribution in [0.15, 0.2) is 15.9 Å². The number of carbonyl (C=O) groups is 1. The molecule has 17 heavy (non-hydrogen) atoms. The number of rotatable bonds is 3. The van der Waals surface area contributed by atoms with Gasteiger partial charge in [0.15, 0.2) is 0 Å². The van der Waals surface area contributed by atoms with E-state index in [1.54, 1.807) is 0 Å². The molecule has 1 aromatic heterocycles. The van der Waals surface area contributed by atoms with Gasteiger partial charge in [0, 0.05) is 23.8 Å². The highest BCUT2D eigenvalue weighted by atomic mass is 79.9. The van der Waals surface area contributed by atoms with Gasteiger partial charge in [0.2, 0.25) is 0 Å². The van der Waals surface area contributed by atoms with Crippen molar-refractivity contribution in [1.29, 1.82) is 0 Å². The maximum atomic E-state index is 11.3. The van der Waals surface area contributed by atoms with E-state index in [0.29, 0.717) is 17.7 Å². The quantitative estimate of drug-likeness (QED) is 0.843. The zero-order valence-electron chi connectivity index (χ0n) is 10.3. The first kappa shape index (κ1) is 13.2. The average Bonchev–Trinajstić information content (AvgIpc) is 2.68. The molecule has 0 spiro atoms. The second kappa shape index (κ2) is 5.63. The number of thiophene rings is 1. The number of carbonyl (C=O) groups excluding carboxylic acids is 1. The van der Waals surface area contributed by atoms with E-state index in [0.717, 1.165) is 25.7 Å². The Bertz CT molecular complexity index is 392. The molecule has 1 aliphatic rings. The van der Waals surface area contributed by atoms with Gasteiger partial charge < -0.3 is 4.90 Å². The standard InChI is InChI=1S/C13H18BrNOS/c1-15(2)13(11-7-8-12(14)17-11)9-3-5-10(16)6-4-9/h7-9,13H,3-6H2,1-2H3. The number of nitrogens with zero attached hydrogens (tertiary/aromatic N) is 1. The van der Waals surface area contributed by atoms with E-state index in [4.69, 9.17) is 0 Å². The second-order valence-corrected chi connectivity index (χ2v) is 7.42. The molecule has 1 unspecified atom stereocenters. The van der Waals surface area contributed by atoms with E-state index in [1.165, 1.54) is 8.66 Å². The Kier molecular flexibility index (Phi) is 4.39. The molecule has 1 atom stereocenters. The van der Waals surface area contributed by atoms with E-state index < -0.39 is 0 Å². The van der Waals surface area contributed by atoms with Crippen molar-refractivity contribution in [2.75, 3.05) is 14.1 Å². The molecule has 0 aliphatic heterocycles. The Morgan fingerprint density at radius 3 is 2.47 bits per heavy atom. The fourth-order valence-electron chi connectivity index (χ4n) is 2.67. The maximum Gasteiger partial charge on any atom is 0.132 e. The van der Waals surface area contributed by atoms with Gasteiger partial charge in [0.25, 0.3) is 0 Å². The van der Waals surface area contributed by atoms with Gasteiger partial charge in [-0.05, 0) is 60.9 Å². The van der Waals surface area contributed by atoms with Gasteiger partial charge in [0.1, 0.15) is 5.78 Å². The lowest BCUT2D eigenvalue weighted by molar-refractivity contribution is -0.121. The highest BCUT2D eigenvalue weighted by molar-refractivity contribution is 9.11. The second-order valence-electron chi connectivity index (χ2n) is 4.93. The first-order valence-electron chi connectivity index (χ1n) is 6.01. The molecule has 2 rings (SSSR count). The smallest absolute Gasteiger partial charge is 0.132 e. The molecule has 4 heteroatoms. The minimum absolute atomic E-state index is 0.436. The molecule has 0 N–H and O–H groups in total. The summed E-state index contributed by atoms with van der Waals surface area (Å²) in [5, 5.41) is 0. The predicted octanol–water partition coefficient (Wildman–Crippen LogP) is 3.87. The van der Waals surface area contributed by atoms with Gasteiger partial charge in [-0.3, -0.25) is 4.79 Å². The zero-order valence-corrected chi connectivity index (χ0v) is 12.7. The van der Waals surface area contributed by atoms with Crippen molar-refractivity contribution < 1.29 is 4.79 Å². The first-order valence-corrected chi connectivity index (χ1v) is 7.62. The van der Waals surface area contributed by atoms with Crippen LogP contribution in [0.25, 0.3) is 0 Å². The van der Waals surface area contributed by atoms with Crippen molar-refractivity contribution in [1.82, 2.24) is 4.90 Å². The van der Waals surface area contributed by atoms with Crippen molar-refractivity contribution >= 4 is 33.0 Å². The van der Waals surface area contributed by atoms with Crippen LogP contribution in [0.3, 0.4) is 0 Å². The van der Waals surface area contributed by atoms with Crippen LogP contribution >= 0.6 is 27.3 Å². The summed E-state index contributed by atoms with van der Waals surface area (Å²) in [6, 6.07) is 4.78. The molecular formula is C13H18BrNOS. The van der Waals surface area contributed by atoms with Gasteiger partial charge in [-0.2, -0.15) is 0 Å². The molecule has 1 heterocycles. The molecule has 1 saturated carbocycles. The number of Topliss-reactive ketones (excluding diaryl/α,β-unsaturated/α-hetero) is 1. The molecule has 0 aromatic carbocycles. The number of hydrogen-bond acceptors (Lipinski definition) is 3.